The van der Waals surface area contributed by atoms with E-state index in [4.69, 9.17) is 4.42 Å². The first kappa shape index (κ1) is 11.4. The van der Waals surface area contributed by atoms with Crippen LogP contribution >= 0.6 is 0 Å². The summed E-state index contributed by atoms with van der Waals surface area (Å²) in [5, 5.41) is 0. The maximum absolute atomic E-state index is 11.3. The molecule has 0 N–H and O–H groups in total. The van der Waals surface area contributed by atoms with E-state index in [0.717, 1.165) is 11.1 Å². The molecule has 17 heavy (non-hydrogen) atoms. The van der Waals surface area contributed by atoms with E-state index in [9.17, 15) is 9.59 Å². The lowest BCUT2D eigenvalue weighted by Gasteiger charge is -2.14. The maximum atomic E-state index is 11.3. The monoisotopic (exact) mass is 234 g/mol. The summed E-state index contributed by atoms with van der Waals surface area (Å²) in [5.74, 6) is -0.378. The van der Waals surface area contributed by atoms with E-state index in [1.807, 2.05) is 12.1 Å². The number of nitrogens with zero attached hydrogens (tertiary/aromatic N) is 2. The van der Waals surface area contributed by atoms with Crippen LogP contribution in [0.4, 0.5) is 0 Å². The van der Waals surface area contributed by atoms with Crippen molar-refractivity contribution in [2.75, 3.05) is 7.05 Å². The summed E-state index contributed by atoms with van der Waals surface area (Å²) in [7, 11) is 3.39. The van der Waals surface area contributed by atoms with Crippen LogP contribution in [0.25, 0.3) is 11.1 Å². The summed E-state index contributed by atoms with van der Waals surface area (Å²) in [4.78, 5) is 24.0. The molecule has 0 spiro atoms. The molecule has 0 aliphatic rings. The standard InChI is InChI=1S/C12H14N2O3/c1-8(15)13(2)7-9-4-5-10-11(6-9)17-12(16)14(10)3/h4-6H,7H2,1-3H3. The Kier molecular flexibility index (Phi) is 2.75. The fourth-order valence-electron chi connectivity index (χ4n) is 1.66. The Labute approximate surface area is 98.2 Å². The van der Waals surface area contributed by atoms with E-state index < -0.39 is 0 Å². The molecule has 0 fully saturated rings. The molecule has 2 rings (SSSR count). The van der Waals surface area contributed by atoms with E-state index in [1.165, 1.54) is 11.5 Å². The van der Waals surface area contributed by atoms with Gasteiger partial charge in [-0.2, -0.15) is 0 Å². The Morgan fingerprint density at radius 1 is 1.47 bits per heavy atom. The number of aryl methyl sites for hydroxylation is 1. The minimum absolute atomic E-state index is 0.000360. The quantitative estimate of drug-likeness (QED) is 0.782. The summed E-state index contributed by atoms with van der Waals surface area (Å²) in [6.45, 7) is 2.02. The molecule has 0 unspecified atom stereocenters. The van der Waals surface area contributed by atoms with Gasteiger partial charge in [-0.1, -0.05) is 6.07 Å². The minimum Gasteiger partial charge on any atom is -0.408 e. The molecular formula is C12H14N2O3. The van der Waals surface area contributed by atoms with Crippen LogP contribution in [0.5, 0.6) is 0 Å². The number of fused-ring (bicyclic) bond motifs is 1. The van der Waals surface area contributed by atoms with Crippen molar-refractivity contribution in [1.29, 1.82) is 0 Å². The van der Waals surface area contributed by atoms with E-state index in [0.29, 0.717) is 12.1 Å². The second-order valence-electron chi connectivity index (χ2n) is 4.10. The number of hydrogen-bond donors (Lipinski definition) is 0. The highest BCUT2D eigenvalue weighted by molar-refractivity contribution is 5.75. The molecule has 0 aliphatic heterocycles. The number of benzene rings is 1. The van der Waals surface area contributed by atoms with Gasteiger partial charge in [0.2, 0.25) is 5.91 Å². The summed E-state index contributed by atoms with van der Waals surface area (Å²) >= 11 is 0. The third kappa shape index (κ3) is 2.08. The molecule has 5 heteroatoms. The lowest BCUT2D eigenvalue weighted by molar-refractivity contribution is -0.128. The smallest absolute Gasteiger partial charge is 0.408 e. The van der Waals surface area contributed by atoms with Gasteiger partial charge < -0.3 is 9.32 Å². The fourth-order valence-corrected chi connectivity index (χ4v) is 1.66. The van der Waals surface area contributed by atoms with Crippen molar-refractivity contribution in [2.24, 2.45) is 7.05 Å². The lowest BCUT2D eigenvalue weighted by Crippen LogP contribution is -2.22. The van der Waals surface area contributed by atoms with E-state index >= 15 is 0 Å². The molecule has 2 aromatic rings. The Balaban J connectivity index is 2.38. The third-order valence-electron chi connectivity index (χ3n) is 2.81. The van der Waals surface area contributed by atoms with Gasteiger partial charge in [-0.15, -0.1) is 0 Å². The molecule has 1 aromatic heterocycles. The average Bonchev–Trinajstić information content (AvgIpc) is 2.54. The molecule has 5 nitrogen and oxygen atoms in total. The summed E-state index contributed by atoms with van der Waals surface area (Å²) in [5.41, 5.74) is 2.24. The van der Waals surface area contributed by atoms with Crippen molar-refractivity contribution in [3.05, 3.63) is 34.3 Å². The van der Waals surface area contributed by atoms with Crippen molar-refractivity contribution < 1.29 is 9.21 Å². The topological polar surface area (TPSA) is 55.5 Å². The average molecular weight is 234 g/mol. The first-order valence-corrected chi connectivity index (χ1v) is 5.29. The van der Waals surface area contributed by atoms with Gasteiger partial charge >= 0.3 is 5.76 Å². The van der Waals surface area contributed by atoms with Crippen LogP contribution in [0.2, 0.25) is 0 Å². The van der Waals surface area contributed by atoms with Crippen LogP contribution in [0, 0.1) is 0 Å². The highest BCUT2D eigenvalue weighted by atomic mass is 16.4. The highest BCUT2D eigenvalue weighted by Crippen LogP contribution is 2.15. The van der Waals surface area contributed by atoms with Crippen molar-refractivity contribution in [3.8, 4) is 0 Å². The second-order valence-corrected chi connectivity index (χ2v) is 4.10. The number of rotatable bonds is 2. The molecule has 0 atom stereocenters. The molecular weight excluding hydrogens is 220 g/mol. The molecule has 1 aromatic carbocycles. The van der Waals surface area contributed by atoms with Crippen molar-refractivity contribution >= 4 is 17.0 Å². The molecule has 90 valence electrons. The van der Waals surface area contributed by atoms with Gasteiger partial charge in [0, 0.05) is 27.6 Å². The number of carbonyl (C=O) groups excluding carboxylic acids is 1. The Bertz CT molecular complexity index is 624. The molecule has 0 saturated carbocycles. The van der Waals surface area contributed by atoms with Gasteiger partial charge in [-0.05, 0) is 17.7 Å². The van der Waals surface area contributed by atoms with Crippen molar-refractivity contribution in [3.63, 3.8) is 0 Å². The van der Waals surface area contributed by atoms with Crippen LogP contribution in [0.15, 0.2) is 27.4 Å². The third-order valence-corrected chi connectivity index (χ3v) is 2.81. The lowest BCUT2D eigenvalue weighted by atomic mass is 10.2. The summed E-state index contributed by atoms with van der Waals surface area (Å²) in [6, 6.07) is 5.50. The normalized spacial score (nSPS) is 10.8. The molecule has 1 amide bonds. The van der Waals surface area contributed by atoms with E-state index in [-0.39, 0.29) is 11.7 Å². The number of oxazole rings is 1. The highest BCUT2D eigenvalue weighted by Gasteiger charge is 2.08. The predicted octanol–water partition coefficient (Wildman–Crippen LogP) is 1.11. The zero-order valence-corrected chi connectivity index (χ0v) is 10.1. The van der Waals surface area contributed by atoms with Crippen LogP contribution in [-0.4, -0.2) is 22.4 Å². The molecule has 1 heterocycles. The maximum Gasteiger partial charge on any atom is 0.419 e. The first-order valence-electron chi connectivity index (χ1n) is 5.29. The number of carbonyl (C=O) groups is 1. The molecule has 0 aliphatic carbocycles. The largest absolute Gasteiger partial charge is 0.419 e. The van der Waals surface area contributed by atoms with Crippen LogP contribution in [0.3, 0.4) is 0 Å². The zero-order chi connectivity index (χ0) is 12.6. The van der Waals surface area contributed by atoms with Crippen LogP contribution < -0.4 is 5.76 Å². The van der Waals surface area contributed by atoms with Gasteiger partial charge in [-0.25, -0.2) is 4.79 Å². The Hall–Kier alpha value is -2.04. The zero-order valence-electron chi connectivity index (χ0n) is 10.1. The SMILES string of the molecule is CC(=O)N(C)Cc1ccc2c(c1)oc(=O)n2C. The van der Waals surface area contributed by atoms with Gasteiger partial charge in [-0.3, -0.25) is 9.36 Å². The fraction of sp³-hybridized carbons (Fsp3) is 0.333. The van der Waals surface area contributed by atoms with Gasteiger partial charge in [0.25, 0.3) is 0 Å². The van der Waals surface area contributed by atoms with E-state index in [1.54, 1.807) is 25.1 Å². The van der Waals surface area contributed by atoms with Gasteiger partial charge in [0.05, 0.1) is 5.52 Å². The van der Waals surface area contributed by atoms with Crippen LogP contribution in [0.1, 0.15) is 12.5 Å². The predicted molar refractivity (Wildman–Crippen MR) is 63.6 cm³/mol. The number of amides is 1. The first-order chi connectivity index (χ1) is 7.99. The van der Waals surface area contributed by atoms with Crippen molar-refractivity contribution in [1.82, 2.24) is 9.47 Å². The van der Waals surface area contributed by atoms with Gasteiger partial charge in [0.1, 0.15) is 0 Å². The Morgan fingerprint density at radius 3 is 2.82 bits per heavy atom. The van der Waals surface area contributed by atoms with Gasteiger partial charge in [0.15, 0.2) is 5.58 Å². The molecule has 0 radical (unpaired) electrons. The molecule has 0 bridgehead atoms. The van der Waals surface area contributed by atoms with Crippen LogP contribution in [-0.2, 0) is 18.4 Å². The Morgan fingerprint density at radius 2 is 2.18 bits per heavy atom. The number of hydrogen-bond acceptors (Lipinski definition) is 3. The molecule has 0 saturated heterocycles. The summed E-state index contributed by atoms with van der Waals surface area (Å²) in [6.07, 6.45) is 0. The van der Waals surface area contributed by atoms with E-state index in [2.05, 4.69) is 0 Å². The number of aromatic nitrogens is 1. The van der Waals surface area contributed by atoms with Crippen molar-refractivity contribution in [2.45, 2.75) is 13.5 Å². The minimum atomic E-state index is -0.378. The second kappa shape index (κ2) is 4.08. The summed E-state index contributed by atoms with van der Waals surface area (Å²) < 4.78 is 6.54.